The number of nitrogens with two attached hydrogens (primary N) is 1. The fourth-order valence-corrected chi connectivity index (χ4v) is 1.92. The lowest BCUT2D eigenvalue weighted by molar-refractivity contribution is 0.0935. The van der Waals surface area contributed by atoms with E-state index in [-0.39, 0.29) is 11.9 Å². The van der Waals surface area contributed by atoms with Crippen molar-refractivity contribution in [2.75, 3.05) is 12.3 Å². The zero-order valence-electron chi connectivity index (χ0n) is 11.5. The van der Waals surface area contributed by atoms with Crippen LogP contribution in [0, 0.1) is 0 Å². The second-order valence-electron chi connectivity index (χ2n) is 4.32. The van der Waals surface area contributed by atoms with E-state index in [1.54, 1.807) is 30.6 Å². The van der Waals surface area contributed by atoms with E-state index < -0.39 is 0 Å². The summed E-state index contributed by atoms with van der Waals surface area (Å²) in [7, 11) is 0. The van der Waals surface area contributed by atoms with Crippen LogP contribution in [0.4, 0.5) is 5.69 Å². The summed E-state index contributed by atoms with van der Waals surface area (Å²) in [6.07, 6.45) is 3.35. The molecule has 0 saturated carbocycles. The molecule has 20 heavy (non-hydrogen) atoms. The van der Waals surface area contributed by atoms with Gasteiger partial charge in [-0.1, -0.05) is 6.07 Å². The molecule has 2 rings (SSSR count). The number of amides is 1. The predicted octanol–water partition coefficient (Wildman–Crippen LogP) is 1.88. The summed E-state index contributed by atoms with van der Waals surface area (Å²) in [6.45, 7) is 4.17. The second kappa shape index (κ2) is 6.10. The van der Waals surface area contributed by atoms with Crippen molar-refractivity contribution in [2.45, 2.75) is 19.9 Å². The van der Waals surface area contributed by atoms with E-state index in [1.165, 1.54) is 0 Å². The fraction of sp³-hybridized carbons (Fsp3) is 0.286. The molecule has 0 spiro atoms. The van der Waals surface area contributed by atoms with Crippen LogP contribution in [0.15, 0.2) is 30.6 Å². The minimum Gasteiger partial charge on any atom is -0.493 e. The van der Waals surface area contributed by atoms with Crippen LogP contribution >= 0.6 is 0 Å². The van der Waals surface area contributed by atoms with Crippen molar-refractivity contribution in [2.24, 2.45) is 0 Å². The first-order valence-electron chi connectivity index (χ1n) is 6.45. The Morgan fingerprint density at radius 3 is 3.00 bits per heavy atom. The Morgan fingerprint density at radius 2 is 2.35 bits per heavy atom. The molecule has 0 aliphatic carbocycles. The highest BCUT2D eigenvalue weighted by molar-refractivity contribution is 6.02. The third-order valence-electron chi connectivity index (χ3n) is 2.86. The van der Waals surface area contributed by atoms with E-state index in [4.69, 9.17) is 10.5 Å². The van der Waals surface area contributed by atoms with Gasteiger partial charge in [0.1, 0.15) is 17.1 Å². The summed E-state index contributed by atoms with van der Waals surface area (Å²) >= 11 is 0. The number of nitrogens with one attached hydrogen (secondary N) is 2. The van der Waals surface area contributed by atoms with E-state index in [0.29, 0.717) is 29.4 Å². The van der Waals surface area contributed by atoms with Crippen molar-refractivity contribution < 1.29 is 9.53 Å². The first-order chi connectivity index (χ1) is 9.63. The van der Waals surface area contributed by atoms with Gasteiger partial charge in [-0.15, -0.1) is 0 Å². The van der Waals surface area contributed by atoms with Crippen LogP contribution in [0.5, 0.6) is 5.75 Å². The summed E-state index contributed by atoms with van der Waals surface area (Å²) in [6, 6.07) is 4.92. The summed E-state index contributed by atoms with van der Waals surface area (Å²) in [4.78, 5) is 19.4. The molecule has 0 aliphatic rings. The number of ether oxygens (including phenoxy) is 1. The minimum absolute atomic E-state index is 0.244. The van der Waals surface area contributed by atoms with Gasteiger partial charge < -0.3 is 20.8 Å². The molecule has 0 aliphatic heterocycles. The van der Waals surface area contributed by atoms with Gasteiger partial charge in [-0.25, -0.2) is 4.98 Å². The van der Waals surface area contributed by atoms with Crippen LogP contribution in [0.3, 0.4) is 0 Å². The lowest BCUT2D eigenvalue weighted by Crippen LogP contribution is -2.28. The Labute approximate surface area is 117 Å². The number of benzene rings is 1. The van der Waals surface area contributed by atoms with Crippen molar-refractivity contribution in [1.29, 1.82) is 0 Å². The highest BCUT2D eigenvalue weighted by Gasteiger charge is 2.19. The Balaban J connectivity index is 2.20. The molecule has 0 saturated heterocycles. The van der Waals surface area contributed by atoms with Gasteiger partial charge in [0.2, 0.25) is 0 Å². The summed E-state index contributed by atoms with van der Waals surface area (Å²) < 4.78 is 5.45. The zero-order valence-corrected chi connectivity index (χ0v) is 11.5. The maximum Gasteiger partial charge on any atom is 0.257 e. The van der Waals surface area contributed by atoms with Gasteiger partial charge in [-0.3, -0.25) is 4.79 Å². The monoisotopic (exact) mass is 274 g/mol. The highest BCUT2D eigenvalue weighted by Crippen LogP contribution is 2.25. The van der Waals surface area contributed by atoms with E-state index in [9.17, 15) is 4.79 Å². The van der Waals surface area contributed by atoms with E-state index >= 15 is 0 Å². The third kappa shape index (κ3) is 2.90. The van der Waals surface area contributed by atoms with Gasteiger partial charge >= 0.3 is 0 Å². The molecule has 1 aromatic heterocycles. The second-order valence-corrected chi connectivity index (χ2v) is 4.32. The normalized spacial score (nSPS) is 11.9. The number of anilines is 1. The molecule has 106 valence electrons. The Kier molecular flexibility index (Phi) is 4.24. The van der Waals surface area contributed by atoms with Gasteiger partial charge in [0.25, 0.3) is 5.91 Å². The number of H-pyrrole nitrogens is 1. The maximum atomic E-state index is 12.4. The molecule has 1 atom stereocenters. The first-order valence-corrected chi connectivity index (χ1v) is 6.45. The largest absolute Gasteiger partial charge is 0.493 e. The number of carbonyl (C=O) groups excluding carboxylic acids is 1. The predicted molar refractivity (Wildman–Crippen MR) is 76.5 cm³/mol. The number of hydrogen-bond donors (Lipinski definition) is 3. The minimum atomic E-state index is -0.282. The number of imidazole rings is 1. The summed E-state index contributed by atoms with van der Waals surface area (Å²) in [5.41, 5.74) is 6.63. The molecule has 1 aromatic carbocycles. The molecule has 0 radical (unpaired) electrons. The average Bonchev–Trinajstić information content (AvgIpc) is 2.93. The zero-order chi connectivity index (χ0) is 14.5. The van der Waals surface area contributed by atoms with Crippen molar-refractivity contribution in [3.8, 4) is 5.75 Å². The summed E-state index contributed by atoms with van der Waals surface area (Å²) in [5.74, 6) is 0.887. The lowest BCUT2D eigenvalue weighted by Gasteiger charge is -2.15. The van der Waals surface area contributed by atoms with Crippen LogP contribution in [-0.2, 0) is 0 Å². The number of rotatable bonds is 5. The molecule has 0 fully saturated rings. The first kappa shape index (κ1) is 13.9. The van der Waals surface area contributed by atoms with E-state index in [0.717, 1.165) is 0 Å². The van der Waals surface area contributed by atoms with Crippen LogP contribution in [0.1, 0.15) is 36.1 Å². The smallest absolute Gasteiger partial charge is 0.257 e. The molecule has 6 nitrogen and oxygen atoms in total. The third-order valence-corrected chi connectivity index (χ3v) is 2.86. The number of aromatic amines is 1. The van der Waals surface area contributed by atoms with Gasteiger partial charge in [-0.2, -0.15) is 0 Å². The Morgan fingerprint density at radius 1 is 1.55 bits per heavy atom. The summed E-state index contributed by atoms with van der Waals surface area (Å²) in [5, 5.41) is 2.85. The van der Waals surface area contributed by atoms with Crippen molar-refractivity contribution in [1.82, 2.24) is 15.3 Å². The highest BCUT2D eigenvalue weighted by atomic mass is 16.5. The Hall–Kier alpha value is -2.50. The van der Waals surface area contributed by atoms with Crippen LogP contribution < -0.4 is 15.8 Å². The fourth-order valence-electron chi connectivity index (χ4n) is 1.92. The number of nitrogen functional groups attached to an aromatic ring is 1. The van der Waals surface area contributed by atoms with Crippen LogP contribution in [0.25, 0.3) is 0 Å². The molecule has 1 heterocycles. The lowest BCUT2D eigenvalue weighted by atomic mass is 10.1. The quantitative estimate of drug-likeness (QED) is 0.726. The van der Waals surface area contributed by atoms with E-state index in [1.807, 2.05) is 13.8 Å². The van der Waals surface area contributed by atoms with Gasteiger partial charge in [0.05, 0.1) is 12.6 Å². The number of nitrogens with zero attached hydrogens (tertiary/aromatic N) is 1. The van der Waals surface area contributed by atoms with Crippen LogP contribution in [0.2, 0.25) is 0 Å². The molecular weight excluding hydrogens is 256 g/mol. The average molecular weight is 274 g/mol. The van der Waals surface area contributed by atoms with Crippen molar-refractivity contribution in [3.05, 3.63) is 42.0 Å². The van der Waals surface area contributed by atoms with Gasteiger partial charge in [-0.05, 0) is 26.0 Å². The van der Waals surface area contributed by atoms with Crippen molar-refractivity contribution >= 4 is 11.6 Å². The maximum absolute atomic E-state index is 12.4. The van der Waals surface area contributed by atoms with Gasteiger partial charge in [0.15, 0.2) is 0 Å². The van der Waals surface area contributed by atoms with Gasteiger partial charge in [0, 0.05) is 18.1 Å². The molecule has 1 amide bonds. The molecule has 2 aromatic rings. The number of aromatic nitrogens is 2. The van der Waals surface area contributed by atoms with E-state index in [2.05, 4.69) is 15.3 Å². The number of carbonyl (C=O) groups is 1. The topological polar surface area (TPSA) is 93.0 Å². The SMILES string of the molecule is CCOc1cccc(N)c1C(=O)NC(C)c1ncc[nH]1. The van der Waals surface area contributed by atoms with Crippen molar-refractivity contribution in [3.63, 3.8) is 0 Å². The van der Waals surface area contributed by atoms with Crippen LogP contribution in [-0.4, -0.2) is 22.5 Å². The number of hydrogen-bond acceptors (Lipinski definition) is 4. The molecule has 6 heteroatoms. The molecular formula is C14H18N4O2. The molecule has 0 bridgehead atoms. The Bertz CT molecular complexity index is 581. The standard InChI is InChI=1S/C14H18N4O2/c1-3-20-11-6-4-5-10(15)12(11)14(19)18-9(2)13-16-7-8-17-13/h4-9H,3,15H2,1-2H3,(H,16,17)(H,18,19). The molecule has 4 N–H and O–H groups in total. The molecule has 1 unspecified atom stereocenters.